The maximum Gasteiger partial charge on any atom is 0.333 e. The minimum Gasteiger partial charge on any atom is -0.480 e. The van der Waals surface area contributed by atoms with E-state index in [4.69, 9.17) is 19.8 Å². The summed E-state index contributed by atoms with van der Waals surface area (Å²) in [6.07, 6.45) is 0.791. The fraction of sp³-hybridized carbons (Fsp3) is 0.255. The number of aliphatic carboxylic acids is 4. The molecule has 4 heterocycles. The Bertz CT molecular complexity index is 2530. The van der Waals surface area contributed by atoms with Crippen molar-refractivity contribution < 1.29 is 63.6 Å². The van der Waals surface area contributed by atoms with Gasteiger partial charge in [-0.15, -0.1) is 5.06 Å². The molecule has 5 aromatic rings. The number of anilines is 1. The average molecular weight is 916 g/mol. The first-order valence-corrected chi connectivity index (χ1v) is 20.9. The van der Waals surface area contributed by atoms with Gasteiger partial charge in [0.1, 0.15) is 0 Å². The van der Waals surface area contributed by atoms with Crippen molar-refractivity contribution in [3.63, 3.8) is 0 Å². The summed E-state index contributed by atoms with van der Waals surface area (Å²) in [6.45, 7) is -2.24. The van der Waals surface area contributed by atoms with Gasteiger partial charge >= 0.3 is 29.8 Å². The molecule has 0 saturated carbocycles. The number of unbranched alkanes of at least 4 members (excludes halogenated alkanes) is 1. The van der Waals surface area contributed by atoms with E-state index >= 15 is 0 Å². The fourth-order valence-corrected chi connectivity index (χ4v) is 7.12. The fourth-order valence-electron chi connectivity index (χ4n) is 7.12. The molecule has 0 spiro atoms. The molecule has 67 heavy (non-hydrogen) atoms. The Morgan fingerprint density at radius 2 is 0.955 bits per heavy atom. The number of carboxylic acid groups (broad SMARTS) is 4. The van der Waals surface area contributed by atoms with Crippen LogP contribution in [0.3, 0.4) is 0 Å². The summed E-state index contributed by atoms with van der Waals surface area (Å²) < 4.78 is 0. The van der Waals surface area contributed by atoms with E-state index < -0.39 is 67.8 Å². The molecule has 5 N–H and O–H groups in total. The summed E-state index contributed by atoms with van der Waals surface area (Å²) in [6, 6.07) is 28.6. The number of hydrogen-bond acceptors (Lipinski definition) is 14. The number of nitrogens with zero attached hydrogens (tertiary/aromatic N) is 6. The highest BCUT2D eigenvalue weighted by Crippen LogP contribution is 2.32. The van der Waals surface area contributed by atoms with Crippen LogP contribution in [0.4, 0.5) is 5.69 Å². The second-order valence-electron chi connectivity index (χ2n) is 15.5. The lowest BCUT2D eigenvalue weighted by atomic mass is 9.98. The van der Waals surface area contributed by atoms with Crippen molar-refractivity contribution in [3.05, 3.63) is 108 Å². The molecule has 1 aliphatic rings. The van der Waals surface area contributed by atoms with Gasteiger partial charge in [0, 0.05) is 44.5 Å². The topological polar surface area (TPSA) is 287 Å². The number of nitrogens with one attached hydrogen (secondary N) is 1. The first-order valence-electron chi connectivity index (χ1n) is 20.9. The maximum atomic E-state index is 12.6. The molecule has 1 saturated heterocycles. The van der Waals surface area contributed by atoms with Crippen molar-refractivity contribution in [1.82, 2.24) is 29.8 Å². The third kappa shape index (κ3) is 14.4. The monoisotopic (exact) mass is 915 g/mol. The van der Waals surface area contributed by atoms with Crippen molar-refractivity contribution in [2.75, 3.05) is 31.5 Å². The lowest BCUT2D eigenvalue weighted by Crippen LogP contribution is -2.34. The van der Waals surface area contributed by atoms with E-state index in [0.717, 1.165) is 16.7 Å². The zero-order valence-corrected chi connectivity index (χ0v) is 35.9. The molecular formula is C47H45N7O13. The highest BCUT2D eigenvalue weighted by atomic mass is 16.7. The smallest absolute Gasteiger partial charge is 0.333 e. The zero-order chi connectivity index (χ0) is 48.0. The Balaban J connectivity index is 1.19. The van der Waals surface area contributed by atoms with Crippen molar-refractivity contribution in [2.24, 2.45) is 0 Å². The minimum absolute atomic E-state index is 0.00499. The molecule has 6 rings (SSSR count). The molecule has 0 aliphatic carbocycles. The van der Waals surface area contributed by atoms with Gasteiger partial charge in [0.15, 0.2) is 0 Å². The third-order valence-corrected chi connectivity index (χ3v) is 10.1. The molecule has 0 unspecified atom stereocenters. The first kappa shape index (κ1) is 48.2. The highest BCUT2D eigenvalue weighted by Gasteiger charge is 2.32. The minimum atomic E-state index is -1.20. The number of pyridine rings is 3. The van der Waals surface area contributed by atoms with Crippen LogP contribution in [0.15, 0.2) is 97.1 Å². The Morgan fingerprint density at radius 3 is 1.40 bits per heavy atom. The van der Waals surface area contributed by atoms with Crippen LogP contribution in [0.25, 0.3) is 45.0 Å². The standard InChI is InChI=1S/C47H45N7O13/c55-40(9-1-2-10-47(66)67-54-41(56)19-20-42(54)57)50-33-17-15-30(16-18-33)29-11-13-31(14-12-29)32-21-38(36-7-3-5-34(48-36)23-52(25-43(58)59)26-44(60)61)51-39(22-32)37-8-4-6-35(49-37)24-53(27-45(62)63)28-46(64)65/h3-8,11-18,21-22H,1-2,9-10,19-20,23-28H2,(H,50,55)(H,58,59)(H,60,61)(H,62,63)(H,64,65). The van der Waals surface area contributed by atoms with E-state index in [1.54, 1.807) is 48.5 Å². The summed E-state index contributed by atoms with van der Waals surface area (Å²) in [5, 5.41) is 40.8. The van der Waals surface area contributed by atoms with Gasteiger partial charge in [-0.3, -0.25) is 43.4 Å². The number of aromatic nitrogens is 3. The summed E-state index contributed by atoms with van der Waals surface area (Å²) in [4.78, 5) is 115. The molecule has 1 aliphatic heterocycles. The molecule has 346 valence electrons. The van der Waals surface area contributed by atoms with Crippen LogP contribution in [0.5, 0.6) is 0 Å². The van der Waals surface area contributed by atoms with Crippen LogP contribution in [0, 0.1) is 0 Å². The van der Waals surface area contributed by atoms with Crippen molar-refractivity contribution in [1.29, 1.82) is 0 Å². The molecular weight excluding hydrogens is 871 g/mol. The van der Waals surface area contributed by atoms with Crippen LogP contribution in [-0.4, -0.2) is 124 Å². The van der Waals surface area contributed by atoms with E-state index in [1.807, 2.05) is 48.5 Å². The van der Waals surface area contributed by atoms with Gasteiger partial charge in [0.25, 0.3) is 11.8 Å². The lowest BCUT2D eigenvalue weighted by molar-refractivity contribution is -0.197. The number of amides is 3. The van der Waals surface area contributed by atoms with Gasteiger partial charge in [-0.1, -0.05) is 48.5 Å². The number of benzene rings is 2. The van der Waals surface area contributed by atoms with Crippen LogP contribution >= 0.6 is 0 Å². The van der Waals surface area contributed by atoms with E-state index in [0.29, 0.717) is 63.3 Å². The van der Waals surface area contributed by atoms with Crippen LogP contribution in [0.2, 0.25) is 0 Å². The Hall–Kier alpha value is -8.23. The Morgan fingerprint density at radius 1 is 0.537 bits per heavy atom. The van der Waals surface area contributed by atoms with Gasteiger partial charge in [-0.25, -0.2) is 19.7 Å². The Kier molecular flexibility index (Phi) is 16.3. The lowest BCUT2D eigenvalue weighted by Gasteiger charge is -2.18. The van der Waals surface area contributed by atoms with Gasteiger partial charge < -0.3 is 30.6 Å². The molecule has 1 fully saturated rings. The normalized spacial score (nSPS) is 12.4. The quantitative estimate of drug-likeness (QED) is 0.0442. The molecule has 0 bridgehead atoms. The number of carbonyl (C=O) groups is 8. The summed E-state index contributed by atoms with van der Waals surface area (Å²) >= 11 is 0. The van der Waals surface area contributed by atoms with Crippen molar-refractivity contribution in [3.8, 4) is 45.0 Å². The molecule has 20 heteroatoms. The predicted molar refractivity (Wildman–Crippen MR) is 237 cm³/mol. The number of rotatable bonds is 23. The predicted octanol–water partition coefficient (Wildman–Crippen LogP) is 4.59. The second kappa shape index (κ2) is 22.6. The van der Waals surface area contributed by atoms with Crippen molar-refractivity contribution in [2.45, 2.75) is 51.6 Å². The summed E-state index contributed by atoms with van der Waals surface area (Å²) in [7, 11) is 0. The molecule has 2 aromatic carbocycles. The first-order chi connectivity index (χ1) is 32.1. The zero-order valence-electron chi connectivity index (χ0n) is 35.9. The Labute approximate surface area is 382 Å². The number of hydroxylamine groups is 2. The van der Waals surface area contributed by atoms with Crippen LogP contribution in [0.1, 0.15) is 49.9 Å². The van der Waals surface area contributed by atoms with Gasteiger partial charge in [0.2, 0.25) is 5.91 Å². The molecule has 0 radical (unpaired) electrons. The number of carboxylic acids is 4. The SMILES string of the molecule is O=C(O)CN(CC(=O)O)Cc1cccc(-c2cc(-c3ccc(-c4ccc(NC(=O)CCCCC(=O)ON5C(=O)CCC5=O)cc4)cc3)cc(-c3cccc(CN(CC(=O)O)CC(=O)O)n3)n2)n1. The van der Waals surface area contributed by atoms with E-state index in [1.165, 1.54) is 9.80 Å². The van der Waals surface area contributed by atoms with E-state index in [-0.39, 0.29) is 44.7 Å². The molecule has 3 aromatic heterocycles. The van der Waals surface area contributed by atoms with Gasteiger partial charge in [0.05, 0.1) is 60.3 Å². The maximum absolute atomic E-state index is 12.6. The summed E-state index contributed by atoms with van der Waals surface area (Å²) in [5.41, 5.74) is 6.16. The van der Waals surface area contributed by atoms with Gasteiger partial charge in [-0.2, -0.15) is 0 Å². The molecule has 0 atom stereocenters. The molecule has 3 amide bonds. The van der Waals surface area contributed by atoms with E-state index in [2.05, 4.69) is 5.32 Å². The van der Waals surface area contributed by atoms with Crippen molar-refractivity contribution >= 4 is 53.3 Å². The van der Waals surface area contributed by atoms with Crippen LogP contribution in [-0.2, 0) is 56.3 Å². The molecule has 20 nitrogen and oxygen atoms in total. The van der Waals surface area contributed by atoms with E-state index in [9.17, 15) is 58.8 Å². The largest absolute Gasteiger partial charge is 0.480 e. The third-order valence-electron chi connectivity index (χ3n) is 10.1. The summed E-state index contributed by atoms with van der Waals surface area (Å²) in [5.74, 6) is -6.89. The number of carbonyl (C=O) groups excluding carboxylic acids is 4. The highest BCUT2D eigenvalue weighted by molar-refractivity contribution is 6.01. The van der Waals surface area contributed by atoms with Gasteiger partial charge in [-0.05, 0) is 83.6 Å². The second-order valence-corrected chi connectivity index (χ2v) is 15.5. The number of hydrogen-bond donors (Lipinski definition) is 5. The average Bonchev–Trinajstić information content (AvgIpc) is 3.59. The van der Waals surface area contributed by atoms with Crippen LogP contribution < -0.4 is 5.32 Å². The number of imide groups is 1.